The summed E-state index contributed by atoms with van der Waals surface area (Å²) in [7, 11) is 0. The summed E-state index contributed by atoms with van der Waals surface area (Å²) in [5, 5.41) is 1.95. The topological polar surface area (TPSA) is 80.8 Å². The molecule has 1 aliphatic carbocycles. The van der Waals surface area contributed by atoms with E-state index in [1.165, 1.54) is 17.0 Å². The fraction of sp³-hybridized carbons (Fsp3) is 0.185. The van der Waals surface area contributed by atoms with Crippen LogP contribution in [0.1, 0.15) is 33.6 Å². The van der Waals surface area contributed by atoms with Gasteiger partial charge in [0.05, 0.1) is 23.1 Å². The molecule has 0 spiro atoms. The number of hydrogen-bond donors (Lipinski definition) is 0. The number of hydrogen-bond acceptors (Lipinski definition) is 5. The van der Waals surface area contributed by atoms with Gasteiger partial charge in [-0.25, -0.2) is 4.79 Å². The van der Waals surface area contributed by atoms with Gasteiger partial charge in [0, 0.05) is 5.56 Å². The molecular weight excluding hydrogens is 418 g/mol. The molecule has 1 fully saturated rings. The zero-order valence-corrected chi connectivity index (χ0v) is 17.8. The fourth-order valence-electron chi connectivity index (χ4n) is 4.49. The Morgan fingerprint density at radius 2 is 1.48 bits per heavy atom. The zero-order chi connectivity index (χ0) is 22.9. The average Bonchev–Trinajstić information content (AvgIpc) is 3.12. The first-order valence-corrected chi connectivity index (χ1v) is 10.8. The Balaban J connectivity index is 1.29. The maximum atomic E-state index is 12.8. The van der Waals surface area contributed by atoms with E-state index in [9.17, 15) is 19.2 Å². The summed E-state index contributed by atoms with van der Waals surface area (Å²) < 4.78 is 5.24. The molecule has 0 N–H and O–H groups in total. The molecule has 2 aliphatic rings. The lowest BCUT2D eigenvalue weighted by Crippen LogP contribution is -2.31. The number of allylic oxidation sites excluding steroid dienone is 2. The Kier molecular flexibility index (Phi) is 5.34. The van der Waals surface area contributed by atoms with Crippen LogP contribution in [0.2, 0.25) is 0 Å². The number of imide groups is 1. The van der Waals surface area contributed by atoms with Crippen LogP contribution in [0.15, 0.2) is 78.9 Å². The second-order valence-electron chi connectivity index (χ2n) is 8.28. The van der Waals surface area contributed by atoms with Crippen molar-refractivity contribution < 1.29 is 23.9 Å². The second kappa shape index (κ2) is 8.47. The van der Waals surface area contributed by atoms with Crippen molar-refractivity contribution in [2.24, 2.45) is 11.8 Å². The molecule has 0 saturated carbocycles. The van der Waals surface area contributed by atoms with Crippen molar-refractivity contribution in [2.45, 2.75) is 12.8 Å². The van der Waals surface area contributed by atoms with E-state index in [1.807, 2.05) is 42.5 Å². The van der Waals surface area contributed by atoms with Crippen LogP contribution >= 0.6 is 0 Å². The van der Waals surface area contributed by atoms with Crippen molar-refractivity contribution in [3.8, 4) is 0 Å². The molecule has 1 saturated heterocycles. The third kappa shape index (κ3) is 3.84. The predicted octanol–water partition coefficient (Wildman–Crippen LogP) is 4.34. The van der Waals surface area contributed by atoms with Crippen LogP contribution in [0.3, 0.4) is 0 Å². The monoisotopic (exact) mass is 439 g/mol. The maximum Gasteiger partial charge on any atom is 0.338 e. The number of benzene rings is 3. The van der Waals surface area contributed by atoms with E-state index in [0.29, 0.717) is 24.1 Å². The first-order valence-electron chi connectivity index (χ1n) is 10.8. The Morgan fingerprint density at radius 3 is 2.21 bits per heavy atom. The molecule has 3 aromatic carbocycles. The predicted molar refractivity (Wildman–Crippen MR) is 123 cm³/mol. The number of ether oxygens (including phenoxy) is 1. The van der Waals surface area contributed by atoms with Gasteiger partial charge in [-0.05, 0) is 47.9 Å². The van der Waals surface area contributed by atoms with E-state index < -0.39 is 12.6 Å². The van der Waals surface area contributed by atoms with Crippen LogP contribution in [-0.2, 0) is 14.3 Å². The number of nitrogens with zero attached hydrogens (tertiary/aromatic N) is 1. The van der Waals surface area contributed by atoms with Gasteiger partial charge in [-0.2, -0.15) is 0 Å². The zero-order valence-electron chi connectivity index (χ0n) is 17.8. The Hall–Kier alpha value is -4.06. The number of carbonyl (C=O) groups is 4. The van der Waals surface area contributed by atoms with Crippen LogP contribution in [0.4, 0.5) is 5.69 Å². The molecule has 6 heteroatoms. The quantitative estimate of drug-likeness (QED) is 0.256. The first kappa shape index (κ1) is 20.8. The van der Waals surface area contributed by atoms with Gasteiger partial charge in [0.25, 0.3) is 0 Å². The second-order valence-corrected chi connectivity index (χ2v) is 8.28. The van der Waals surface area contributed by atoms with E-state index >= 15 is 0 Å². The number of rotatable bonds is 5. The highest BCUT2D eigenvalue weighted by molar-refractivity contribution is 6.22. The lowest BCUT2D eigenvalue weighted by atomic mass is 9.85. The van der Waals surface area contributed by atoms with E-state index in [2.05, 4.69) is 0 Å². The van der Waals surface area contributed by atoms with Crippen molar-refractivity contribution in [2.75, 3.05) is 11.5 Å². The minimum absolute atomic E-state index is 0.174. The van der Waals surface area contributed by atoms with Gasteiger partial charge in [-0.3, -0.25) is 19.3 Å². The van der Waals surface area contributed by atoms with Crippen LogP contribution in [0.5, 0.6) is 0 Å². The molecule has 0 radical (unpaired) electrons. The Labute approximate surface area is 190 Å². The largest absolute Gasteiger partial charge is 0.454 e. The van der Waals surface area contributed by atoms with Crippen LogP contribution in [0.25, 0.3) is 10.8 Å². The molecule has 0 bridgehead atoms. The van der Waals surface area contributed by atoms with Crippen LogP contribution in [0, 0.1) is 11.8 Å². The number of esters is 1. The van der Waals surface area contributed by atoms with Crippen LogP contribution in [-0.4, -0.2) is 30.2 Å². The summed E-state index contributed by atoms with van der Waals surface area (Å²) >= 11 is 0. The van der Waals surface area contributed by atoms with Crippen molar-refractivity contribution in [3.05, 3.63) is 90.0 Å². The highest BCUT2D eigenvalue weighted by Gasteiger charge is 2.47. The van der Waals surface area contributed by atoms with Crippen molar-refractivity contribution >= 4 is 40.0 Å². The first-order chi connectivity index (χ1) is 16.0. The highest BCUT2D eigenvalue weighted by atomic mass is 16.5. The van der Waals surface area contributed by atoms with Gasteiger partial charge in [0.1, 0.15) is 0 Å². The van der Waals surface area contributed by atoms with Gasteiger partial charge in [0.15, 0.2) is 12.4 Å². The molecule has 2 atom stereocenters. The number of ketones is 1. The molecule has 3 aromatic rings. The molecule has 33 heavy (non-hydrogen) atoms. The third-order valence-electron chi connectivity index (χ3n) is 6.25. The fourth-order valence-corrected chi connectivity index (χ4v) is 4.49. The van der Waals surface area contributed by atoms with E-state index in [4.69, 9.17) is 4.74 Å². The van der Waals surface area contributed by atoms with Crippen molar-refractivity contribution in [3.63, 3.8) is 0 Å². The van der Waals surface area contributed by atoms with Crippen molar-refractivity contribution in [1.82, 2.24) is 0 Å². The normalized spacial score (nSPS) is 19.6. The molecular formula is C27H21NO5. The standard InChI is InChI=1S/C27H21NO5/c29-24(19-13-12-17-6-1-2-7-18(17)14-19)16-33-27(32)20-8-5-9-21(15-20)28-25(30)22-10-3-4-11-23(22)26(28)31/h1-9,12-15,22-23H,10-11,16H2. The summed E-state index contributed by atoms with van der Waals surface area (Å²) in [4.78, 5) is 51.9. The number of Topliss-reactive ketones (excluding diaryl/α,β-unsaturated/α-hetero) is 1. The maximum absolute atomic E-state index is 12.8. The van der Waals surface area contributed by atoms with E-state index in [0.717, 1.165) is 10.8 Å². The van der Waals surface area contributed by atoms with Gasteiger partial charge in [-0.1, -0.05) is 54.6 Å². The summed E-state index contributed by atoms with van der Waals surface area (Å²) in [5.41, 5.74) is 0.974. The molecule has 6 nitrogen and oxygen atoms in total. The number of anilines is 1. The summed E-state index contributed by atoms with van der Waals surface area (Å²) in [5.74, 6) is -2.19. The number of amides is 2. The van der Waals surface area contributed by atoms with E-state index in [-0.39, 0.29) is 35.0 Å². The molecule has 5 rings (SSSR count). The van der Waals surface area contributed by atoms with Gasteiger partial charge in [0.2, 0.25) is 11.8 Å². The van der Waals surface area contributed by atoms with Crippen LogP contribution < -0.4 is 4.90 Å². The number of carbonyl (C=O) groups excluding carboxylic acids is 4. The van der Waals surface area contributed by atoms with Gasteiger partial charge < -0.3 is 4.74 Å². The summed E-state index contributed by atoms with van der Waals surface area (Å²) in [6.45, 7) is -0.404. The SMILES string of the molecule is O=C(COC(=O)c1cccc(N2C(=O)C3CC=CCC3C2=O)c1)c1ccc2ccccc2c1. The highest BCUT2D eigenvalue weighted by Crippen LogP contribution is 2.37. The third-order valence-corrected chi connectivity index (χ3v) is 6.25. The molecule has 1 aliphatic heterocycles. The molecule has 1 heterocycles. The van der Waals surface area contributed by atoms with Gasteiger partial charge >= 0.3 is 5.97 Å². The van der Waals surface area contributed by atoms with E-state index in [1.54, 1.807) is 24.3 Å². The summed E-state index contributed by atoms with van der Waals surface area (Å²) in [6.07, 6.45) is 4.95. The molecule has 0 aromatic heterocycles. The minimum Gasteiger partial charge on any atom is -0.454 e. The molecule has 2 amide bonds. The lowest BCUT2D eigenvalue weighted by molar-refractivity contribution is -0.122. The van der Waals surface area contributed by atoms with Crippen molar-refractivity contribution in [1.29, 1.82) is 0 Å². The smallest absolute Gasteiger partial charge is 0.338 e. The average molecular weight is 439 g/mol. The lowest BCUT2D eigenvalue weighted by Gasteiger charge is -2.15. The molecule has 2 unspecified atom stereocenters. The Bertz CT molecular complexity index is 1300. The van der Waals surface area contributed by atoms with Gasteiger partial charge in [-0.15, -0.1) is 0 Å². The molecule has 164 valence electrons. The summed E-state index contributed by atoms with van der Waals surface area (Å²) in [6, 6.07) is 19.2. The Morgan fingerprint density at radius 1 is 0.788 bits per heavy atom. The minimum atomic E-state index is -0.691. The number of fused-ring (bicyclic) bond motifs is 2.